The van der Waals surface area contributed by atoms with Crippen LogP contribution in [0.1, 0.15) is 47.1 Å². The number of hydrogen-bond donors (Lipinski definition) is 1. The van der Waals surface area contributed by atoms with E-state index in [1.165, 1.54) is 5.56 Å². The van der Waals surface area contributed by atoms with Crippen LogP contribution >= 0.6 is 11.6 Å². The largest absolute Gasteiger partial charge is 0.368 e. The molecule has 1 aromatic carbocycles. The van der Waals surface area contributed by atoms with Gasteiger partial charge in [0.1, 0.15) is 0 Å². The van der Waals surface area contributed by atoms with Gasteiger partial charge in [-0.25, -0.2) is 0 Å². The first-order valence-corrected chi connectivity index (χ1v) is 7.42. The molecule has 108 valence electrons. The van der Waals surface area contributed by atoms with Gasteiger partial charge in [-0.1, -0.05) is 17.7 Å². The smallest absolute Gasteiger partial charge is 0.0642 e. The molecule has 0 saturated heterocycles. The summed E-state index contributed by atoms with van der Waals surface area (Å²) in [5.74, 6) is 0. The second kappa shape index (κ2) is 6.62. The summed E-state index contributed by atoms with van der Waals surface area (Å²) in [6, 6.07) is 6.82. The quantitative estimate of drug-likeness (QED) is 0.858. The standard InChI is InChI=1S/C16H27ClN2/c1-7-19(12(2)3)15-9-8-13(10-14(15)17)11-18-16(4,5)6/h8-10,12,18H,7,11H2,1-6H3. The summed E-state index contributed by atoms with van der Waals surface area (Å²) in [7, 11) is 0. The first kappa shape index (κ1) is 16.3. The highest BCUT2D eigenvalue weighted by Gasteiger charge is 2.13. The van der Waals surface area contributed by atoms with Crippen molar-refractivity contribution < 1.29 is 0 Å². The lowest BCUT2D eigenvalue weighted by Gasteiger charge is -2.29. The average Bonchev–Trinajstić information content (AvgIpc) is 2.28. The monoisotopic (exact) mass is 282 g/mol. The van der Waals surface area contributed by atoms with Crippen molar-refractivity contribution in [2.45, 2.75) is 59.7 Å². The van der Waals surface area contributed by atoms with Crippen molar-refractivity contribution in [2.24, 2.45) is 0 Å². The van der Waals surface area contributed by atoms with Crippen LogP contribution in [0.15, 0.2) is 18.2 Å². The van der Waals surface area contributed by atoms with E-state index in [9.17, 15) is 0 Å². The number of nitrogens with one attached hydrogen (secondary N) is 1. The number of nitrogens with zero attached hydrogens (tertiary/aromatic N) is 1. The Hall–Kier alpha value is -0.730. The van der Waals surface area contributed by atoms with E-state index in [0.717, 1.165) is 23.8 Å². The fraction of sp³-hybridized carbons (Fsp3) is 0.625. The second-order valence-electron chi connectivity index (χ2n) is 6.27. The summed E-state index contributed by atoms with van der Waals surface area (Å²) >= 11 is 6.43. The Balaban J connectivity index is 2.85. The molecular formula is C16H27ClN2. The SMILES string of the molecule is CCN(c1ccc(CNC(C)(C)C)cc1Cl)C(C)C. The minimum absolute atomic E-state index is 0.124. The van der Waals surface area contributed by atoms with Gasteiger partial charge in [0.05, 0.1) is 10.7 Å². The van der Waals surface area contributed by atoms with Crippen molar-refractivity contribution in [3.63, 3.8) is 0 Å². The van der Waals surface area contributed by atoms with Crippen molar-refractivity contribution in [1.82, 2.24) is 5.32 Å². The third kappa shape index (κ3) is 5.04. The molecule has 1 rings (SSSR count). The van der Waals surface area contributed by atoms with Crippen LogP contribution in [0.5, 0.6) is 0 Å². The molecular weight excluding hydrogens is 256 g/mol. The van der Waals surface area contributed by atoms with E-state index in [1.54, 1.807) is 0 Å². The first-order valence-electron chi connectivity index (χ1n) is 7.04. The van der Waals surface area contributed by atoms with Crippen LogP contribution in [-0.2, 0) is 6.54 Å². The number of anilines is 1. The van der Waals surface area contributed by atoms with Crippen LogP contribution < -0.4 is 10.2 Å². The topological polar surface area (TPSA) is 15.3 Å². The summed E-state index contributed by atoms with van der Waals surface area (Å²) in [5.41, 5.74) is 2.47. The van der Waals surface area contributed by atoms with Crippen LogP contribution in [0.2, 0.25) is 5.02 Å². The van der Waals surface area contributed by atoms with Gasteiger partial charge >= 0.3 is 0 Å². The average molecular weight is 283 g/mol. The van der Waals surface area contributed by atoms with E-state index in [0.29, 0.717) is 6.04 Å². The lowest BCUT2D eigenvalue weighted by Crippen LogP contribution is -2.35. The molecule has 0 aliphatic rings. The Morgan fingerprint density at radius 1 is 1.26 bits per heavy atom. The van der Waals surface area contributed by atoms with Crippen molar-refractivity contribution in [3.8, 4) is 0 Å². The van der Waals surface area contributed by atoms with Crippen molar-refractivity contribution >= 4 is 17.3 Å². The predicted octanol–water partition coefficient (Wildman–Crippen LogP) is 4.46. The Bertz CT molecular complexity index is 408. The minimum Gasteiger partial charge on any atom is -0.368 e. The molecule has 0 amide bonds. The molecule has 19 heavy (non-hydrogen) atoms. The van der Waals surface area contributed by atoms with Gasteiger partial charge in [-0.15, -0.1) is 0 Å². The van der Waals surface area contributed by atoms with Crippen LogP contribution in [0.4, 0.5) is 5.69 Å². The molecule has 0 aromatic heterocycles. The third-order valence-electron chi connectivity index (χ3n) is 3.11. The van der Waals surface area contributed by atoms with E-state index in [4.69, 9.17) is 11.6 Å². The maximum atomic E-state index is 6.43. The van der Waals surface area contributed by atoms with Crippen LogP contribution in [0.3, 0.4) is 0 Å². The van der Waals surface area contributed by atoms with E-state index >= 15 is 0 Å². The van der Waals surface area contributed by atoms with E-state index in [1.807, 2.05) is 0 Å². The first-order chi connectivity index (χ1) is 8.74. The van der Waals surface area contributed by atoms with Crippen LogP contribution in [0.25, 0.3) is 0 Å². The van der Waals surface area contributed by atoms with Gasteiger partial charge in [0, 0.05) is 24.7 Å². The molecule has 2 nitrogen and oxygen atoms in total. The lowest BCUT2D eigenvalue weighted by molar-refractivity contribution is 0.424. The van der Waals surface area contributed by atoms with Crippen molar-refractivity contribution in [3.05, 3.63) is 28.8 Å². The van der Waals surface area contributed by atoms with Gasteiger partial charge in [-0.2, -0.15) is 0 Å². The normalized spacial score (nSPS) is 12.0. The number of hydrogen-bond acceptors (Lipinski definition) is 2. The van der Waals surface area contributed by atoms with Crippen LogP contribution in [0, 0.1) is 0 Å². The Labute approximate surface area is 123 Å². The molecule has 0 atom stereocenters. The Kier molecular flexibility index (Phi) is 5.69. The highest BCUT2D eigenvalue weighted by atomic mass is 35.5. The highest BCUT2D eigenvalue weighted by molar-refractivity contribution is 6.33. The fourth-order valence-electron chi connectivity index (χ4n) is 2.07. The number of benzene rings is 1. The van der Waals surface area contributed by atoms with E-state index < -0.39 is 0 Å². The molecule has 0 unspecified atom stereocenters. The molecule has 0 bridgehead atoms. The molecule has 0 aliphatic carbocycles. The van der Waals surface area contributed by atoms with Crippen molar-refractivity contribution in [1.29, 1.82) is 0 Å². The molecule has 3 heteroatoms. The molecule has 0 aliphatic heterocycles. The molecule has 0 saturated carbocycles. The molecule has 0 spiro atoms. The molecule has 0 radical (unpaired) electrons. The lowest BCUT2D eigenvalue weighted by atomic mass is 10.1. The molecule has 1 aromatic rings. The van der Waals surface area contributed by atoms with Gasteiger partial charge < -0.3 is 10.2 Å². The molecule has 1 N–H and O–H groups in total. The summed E-state index contributed by atoms with van der Waals surface area (Å²) in [6.45, 7) is 14.9. The van der Waals surface area contributed by atoms with Gasteiger partial charge in [-0.3, -0.25) is 0 Å². The van der Waals surface area contributed by atoms with Gasteiger partial charge in [0.2, 0.25) is 0 Å². The predicted molar refractivity (Wildman–Crippen MR) is 86.2 cm³/mol. The minimum atomic E-state index is 0.124. The van der Waals surface area contributed by atoms with E-state index in [-0.39, 0.29) is 5.54 Å². The summed E-state index contributed by atoms with van der Waals surface area (Å²) in [5, 5.41) is 4.32. The van der Waals surface area contributed by atoms with Crippen molar-refractivity contribution in [2.75, 3.05) is 11.4 Å². The summed E-state index contributed by atoms with van der Waals surface area (Å²) in [6.07, 6.45) is 0. The fourth-order valence-corrected chi connectivity index (χ4v) is 2.39. The summed E-state index contributed by atoms with van der Waals surface area (Å²) < 4.78 is 0. The molecule has 0 fully saturated rings. The van der Waals surface area contributed by atoms with Crippen LogP contribution in [-0.4, -0.2) is 18.1 Å². The Morgan fingerprint density at radius 2 is 1.89 bits per heavy atom. The number of halogens is 1. The maximum Gasteiger partial charge on any atom is 0.0642 e. The highest BCUT2D eigenvalue weighted by Crippen LogP contribution is 2.28. The maximum absolute atomic E-state index is 6.43. The van der Waals surface area contributed by atoms with Gasteiger partial charge in [0.25, 0.3) is 0 Å². The zero-order valence-corrected chi connectivity index (χ0v) is 13.8. The number of rotatable bonds is 5. The Morgan fingerprint density at radius 3 is 2.32 bits per heavy atom. The van der Waals surface area contributed by atoms with Gasteiger partial charge in [-0.05, 0) is 59.2 Å². The third-order valence-corrected chi connectivity index (χ3v) is 3.41. The van der Waals surface area contributed by atoms with E-state index in [2.05, 4.69) is 70.0 Å². The second-order valence-corrected chi connectivity index (χ2v) is 6.68. The van der Waals surface area contributed by atoms with Gasteiger partial charge in [0.15, 0.2) is 0 Å². The summed E-state index contributed by atoms with van der Waals surface area (Å²) in [4.78, 5) is 2.31. The zero-order valence-electron chi connectivity index (χ0n) is 13.0. The molecule has 0 heterocycles. The zero-order chi connectivity index (χ0) is 14.6.